The second-order valence-electron chi connectivity index (χ2n) is 6.56. The van der Waals surface area contributed by atoms with Crippen LogP contribution >= 0.6 is 11.8 Å². The summed E-state index contributed by atoms with van der Waals surface area (Å²) in [4.78, 5) is 25.5. The number of amides is 1. The molecule has 0 aliphatic carbocycles. The predicted molar refractivity (Wildman–Crippen MR) is 111 cm³/mol. The zero-order valence-corrected chi connectivity index (χ0v) is 16.3. The highest BCUT2D eigenvalue weighted by Gasteiger charge is 2.21. The van der Waals surface area contributed by atoms with Gasteiger partial charge < -0.3 is 14.2 Å². The summed E-state index contributed by atoms with van der Waals surface area (Å²) in [5.74, 6) is 2.89. The molecule has 6 nitrogen and oxygen atoms in total. The zero-order chi connectivity index (χ0) is 19.2. The number of benzene rings is 1. The number of carbonyl (C=O) groups excluding carboxylic acids is 1. The molecular formula is C21H22N4O2S. The van der Waals surface area contributed by atoms with Gasteiger partial charge in [-0.15, -0.1) is 11.8 Å². The van der Waals surface area contributed by atoms with Crippen LogP contribution in [-0.2, 0) is 10.5 Å². The van der Waals surface area contributed by atoms with E-state index in [4.69, 9.17) is 4.42 Å². The smallest absolute Gasteiger partial charge is 0.232 e. The number of aromatic nitrogens is 2. The van der Waals surface area contributed by atoms with Gasteiger partial charge in [-0.1, -0.05) is 24.3 Å². The maximum Gasteiger partial charge on any atom is 0.232 e. The molecule has 0 N–H and O–H groups in total. The van der Waals surface area contributed by atoms with E-state index in [-0.39, 0.29) is 5.91 Å². The number of nitrogens with zero attached hydrogens (tertiary/aromatic N) is 4. The van der Waals surface area contributed by atoms with Crippen LogP contribution in [0.15, 0.2) is 65.4 Å². The van der Waals surface area contributed by atoms with Crippen molar-refractivity contribution >= 4 is 23.5 Å². The van der Waals surface area contributed by atoms with Crippen molar-refractivity contribution < 1.29 is 9.21 Å². The Hall–Kier alpha value is -2.80. The maximum absolute atomic E-state index is 12.5. The molecule has 1 aliphatic heterocycles. The zero-order valence-electron chi connectivity index (χ0n) is 15.5. The third kappa shape index (κ3) is 4.54. The molecule has 1 saturated heterocycles. The molecule has 0 unspecified atom stereocenters. The number of piperazine rings is 1. The van der Waals surface area contributed by atoms with Gasteiger partial charge in [0.1, 0.15) is 12.1 Å². The molecule has 28 heavy (non-hydrogen) atoms. The third-order valence-electron chi connectivity index (χ3n) is 4.65. The number of oxazole rings is 1. The minimum atomic E-state index is 0.178. The van der Waals surface area contributed by atoms with Crippen LogP contribution in [0.5, 0.6) is 0 Å². The van der Waals surface area contributed by atoms with Crippen molar-refractivity contribution in [2.75, 3.05) is 36.8 Å². The Morgan fingerprint density at radius 1 is 1.04 bits per heavy atom. The number of pyridine rings is 1. The molecule has 4 rings (SSSR count). The molecule has 3 aromatic rings. The van der Waals surface area contributed by atoms with Gasteiger partial charge in [0.2, 0.25) is 11.8 Å². The molecule has 0 radical (unpaired) electrons. The Bertz CT molecular complexity index is 893. The fourth-order valence-electron chi connectivity index (χ4n) is 3.15. The fraction of sp³-hybridized carbons (Fsp3) is 0.286. The number of anilines is 1. The van der Waals surface area contributed by atoms with Crippen molar-refractivity contribution in [3.05, 3.63) is 66.7 Å². The van der Waals surface area contributed by atoms with Crippen molar-refractivity contribution in [2.24, 2.45) is 0 Å². The lowest BCUT2D eigenvalue weighted by molar-refractivity contribution is -0.128. The van der Waals surface area contributed by atoms with Gasteiger partial charge in [-0.25, -0.2) is 9.97 Å². The molecule has 1 aromatic carbocycles. The van der Waals surface area contributed by atoms with Crippen molar-refractivity contribution in [3.8, 4) is 11.5 Å². The van der Waals surface area contributed by atoms with Gasteiger partial charge in [0.15, 0.2) is 0 Å². The van der Waals surface area contributed by atoms with Crippen LogP contribution in [0.1, 0.15) is 5.69 Å². The Morgan fingerprint density at radius 2 is 1.82 bits per heavy atom. The largest absolute Gasteiger partial charge is 0.444 e. The molecule has 7 heteroatoms. The van der Waals surface area contributed by atoms with E-state index in [1.165, 1.54) is 0 Å². The van der Waals surface area contributed by atoms with Crippen LogP contribution in [0.4, 0.5) is 5.82 Å². The fourth-order valence-corrected chi connectivity index (χ4v) is 3.95. The van der Waals surface area contributed by atoms with E-state index in [0.29, 0.717) is 17.4 Å². The molecule has 0 bridgehead atoms. The number of hydrogen-bond donors (Lipinski definition) is 0. The summed E-state index contributed by atoms with van der Waals surface area (Å²) >= 11 is 1.57. The Kier molecular flexibility index (Phi) is 5.92. The molecule has 0 spiro atoms. The van der Waals surface area contributed by atoms with Gasteiger partial charge in [0.05, 0.1) is 11.4 Å². The molecule has 1 aliphatic rings. The number of hydrogen-bond acceptors (Lipinski definition) is 6. The van der Waals surface area contributed by atoms with Crippen LogP contribution in [0.2, 0.25) is 0 Å². The van der Waals surface area contributed by atoms with E-state index >= 15 is 0 Å². The van der Waals surface area contributed by atoms with Crippen molar-refractivity contribution in [1.82, 2.24) is 14.9 Å². The van der Waals surface area contributed by atoms with E-state index in [1.54, 1.807) is 24.2 Å². The SMILES string of the molecule is O=C(CSCc1coc(-c2ccccc2)n1)N1CCN(c2ccccn2)CC1. The standard InChI is InChI=1S/C21H22N4O2S/c26-20(25-12-10-24(11-13-25)19-8-4-5-9-22-19)16-28-15-18-14-27-21(23-18)17-6-2-1-3-7-17/h1-9,14H,10-13,15-16H2. The highest BCUT2D eigenvalue weighted by molar-refractivity contribution is 7.99. The van der Waals surface area contributed by atoms with E-state index in [2.05, 4.69) is 14.9 Å². The van der Waals surface area contributed by atoms with Crippen LogP contribution < -0.4 is 4.90 Å². The summed E-state index contributed by atoms with van der Waals surface area (Å²) in [5, 5.41) is 0. The molecule has 0 atom stereocenters. The predicted octanol–water partition coefficient (Wildman–Crippen LogP) is 3.32. The lowest BCUT2D eigenvalue weighted by atomic mass is 10.2. The average molecular weight is 395 g/mol. The van der Waals surface area contributed by atoms with Crippen molar-refractivity contribution in [1.29, 1.82) is 0 Å². The number of carbonyl (C=O) groups is 1. The first kappa shape index (κ1) is 18.6. The first-order valence-electron chi connectivity index (χ1n) is 9.31. The minimum Gasteiger partial charge on any atom is -0.444 e. The van der Waals surface area contributed by atoms with E-state index < -0.39 is 0 Å². The van der Waals surface area contributed by atoms with Crippen LogP contribution in [0.25, 0.3) is 11.5 Å². The monoisotopic (exact) mass is 394 g/mol. The topological polar surface area (TPSA) is 62.5 Å². The number of rotatable bonds is 6. The van der Waals surface area contributed by atoms with Gasteiger partial charge >= 0.3 is 0 Å². The Morgan fingerprint density at radius 3 is 2.57 bits per heavy atom. The normalized spacial score (nSPS) is 14.3. The van der Waals surface area contributed by atoms with Gasteiger partial charge in [-0.2, -0.15) is 0 Å². The highest BCUT2D eigenvalue weighted by atomic mass is 32.2. The van der Waals surface area contributed by atoms with Gasteiger partial charge in [-0.05, 0) is 24.3 Å². The summed E-state index contributed by atoms with van der Waals surface area (Å²) in [6.45, 7) is 3.10. The quantitative estimate of drug-likeness (QED) is 0.639. The molecule has 3 heterocycles. The van der Waals surface area contributed by atoms with E-state index in [1.807, 2.05) is 53.4 Å². The van der Waals surface area contributed by atoms with Gasteiger partial charge in [0.25, 0.3) is 0 Å². The maximum atomic E-state index is 12.5. The van der Waals surface area contributed by atoms with Crippen molar-refractivity contribution in [2.45, 2.75) is 5.75 Å². The summed E-state index contributed by atoms with van der Waals surface area (Å²) in [6, 6.07) is 15.7. The number of thioether (sulfide) groups is 1. The summed E-state index contributed by atoms with van der Waals surface area (Å²) in [7, 11) is 0. The summed E-state index contributed by atoms with van der Waals surface area (Å²) in [6.07, 6.45) is 3.47. The minimum absolute atomic E-state index is 0.178. The second kappa shape index (κ2) is 8.93. The molecular weight excluding hydrogens is 372 g/mol. The average Bonchev–Trinajstić information content (AvgIpc) is 3.24. The lowest BCUT2D eigenvalue weighted by Crippen LogP contribution is -2.49. The first-order valence-corrected chi connectivity index (χ1v) is 10.5. The summed E-state index contributed by atoms with van der Waals surface area (Å²) < 4.78 is 5.55. The Labute approximate surface area is 168 Å². The third-order valence-corrected chi connectivity index (χ3v) is 5.60. The highest BCUT2D eigenvalue weighted by Crippen LogP contribution is 2.21. The second-order valence-corrected chi connectivity index (χ2v) is 7.54. The van der Waals surface area contributed by atoms with Gasteiger partial charge in [0, 0.05) is 43.7 Å². The van der Waals surface area contributed by atoms with Crippen LogP contribution in [0.3, 0.4) is 0 Å². The molecule has 1 fully saturated rings. The van der Waals surface area contributed by atoms with Gasteiger partial charge in [-0.3, -0.25) is 4.79 Å². The Balaban J connectivity index is 1.22. The molecule has 0 saturated carbocycles. The van der Waals surface area contributed by atoms with Crippen LogP contribution in [-0.4, -0.2) is 52.7 Å². The van der Waals surface area contributed by atoms with Crippen molar-refractivity contribution in [3.63, 3.8) is 0 Å². The first-order chi connectivity index (χ1) is 13.8. The van der Waals surface area contributed by atoms with E-state index in [0.717, 1.165) is 43.3 Å². The summed E-state index contributed by atoms with van der Waals surface area (Å²) in [5.41, 5.74) is 1.82. The molecule has 1 amide bonds. The van der Waals surface area contributed by atoms with E-state index in [9.17, 15) is 4.79 Å². The lowest BCUT2D eigenvalue weighted by Gasteiger charge is -2.35. The molecule has 144 valence electrons. The van der Waals surface area contributed by atoms with Crippen LogP contribution in [0, 0.1) is 0 Å². The molecule has 2 aromatic heterocycles.